The maximum atomic E-state index is 12.3. The first-order chi connectivity index (χ1) is 13.6. The van der Waals surface area contributed by atoms with Gasteiger partial charge in [0.1, 0.15) is 5.75 Å². The Kier molecular flexibility index (Phi) is 4.12. The summed E-state index contributed by atoms with van der Waals surface area (Å²) in [5.41, 5.74) is 4.50. The number of H-pyrrole nitrogens is 1. The van der Waals surface area contributed by atoms with Crippen molar-refractivity contribution in [1.82, 2.24) is 9.88 Å². The summed E-state index contributed by atoms with van der Waals surface area (Å²) in [7, 11) is 3.14. The first-order valence-corrected chi connectivity index (χ1v) is 9.97. The van der Waals surface area contributed by atoms with Crippen LogP contribution in [-0.4, -0.2) is 49.3 Å². The summed E-state index contributed by atoms with van der Waals surface area (Å²) in [5.74, 6) is 1.08. The Morgan fingerprint density at radius 1 is 1.32 bits per heavy atom. The van der Waals surface area contributed by atoms with Gasteiger partial charge in [-0.1, -0.05) is 0 Å². The molecule has 4 heterocycles. The number of benzene rings is 1. The number of piperidine rings is 1. The number of rotatable bonds is 2. The van der Waals surface area contributed by atoms with Crippen molar-refractivity contribution >= 4 is 16.9 Å². The van der Waals surface area contributed by atoms with Gasteiger partial charge in [-0.05, 0) is 43.5 Å². The average molecular weight is 382 g/mol. The number of carbonyl (C=O) groups excluding carboxylic acids is 1. The van der Waals surface area contributed by atoms with Crippen molar-refractivity contribution in [3.63, 3.8) is 0 Å². The number of hydrogen-bond acceptors (Lipinski definition) is 5. The standard InChI is InChI=1S/C22H26N2O4/c1-12-17-10-24-7-6-14-16-8-13(26-2)4-5-19(16)23-21(14)20(24)9-15(17)18(11-28-12)22(25)27-3/h4-5,8,11-12,15,17,20,23H,6-7,9-10H2,1-3H3/t12-,15?,17+,20?/m0/s1. The van der Waals surface area contributed by atoms with Crippen LogP contribution in [0, 0.1) is 11.8 Å². The zero-order valence-electron chi connectivity index (χ0n) is 16.5. The van der Waals surface area contributed by atoms with Crippen molar-refractivity contribution in [3.05, 3.63) is 41.3 Å². The highest BCUT2D eigenvalue weighted by atomic mass is 16.5. The van der Waals surface area contributed by atoms with E-state index in [4.69, 9.17) is 14.2 Å². The molecule has 6 heteroatoms. The van der Waals surface area contributed by atoms with Gasteiger partial charge in [-0.3, -0.25) is 4.90 Å². The number of methoxy groups -OCH3 is 2. The SMILES string of the molecule is COC(=O)C1=CO[C@@H](C)[C@H]2CN3CCc4c([nH]c5ccc(OC)cc45)C3CC12. The van der Waals surface area contributed by atoms with Gasteiger partial charge in [0.15, 0.2) is 0 Å². The molecule has 0 bridgehead atoms. The highest BCUT2D eigenvalue weighted by molar-refractivity contribution is 5.89. The number of nitrogens with one attached hydrogen (secondary N) is 1. The molecule has 3 aliphatic heterocycles. The lowest BCUT2D eigenvalue weighted by Gasteiger charge is -2.49. The predicted octanol–water partition coefficient (Wildman–Crippen LogP) is 3.19. The molecule has 3 aliphatic rings. The Hall–Kier alpha value is -2.47. The molecule has 5 rings (SSSR count). The van der Waals surface area contributed by atoms with E-state index in [0.29, 0.717) is 11.5 Å². The third-order valence-electron chi connectivity index (χ3n) is 6.84. The molecule has 2 unspecified atom stereocenters. The summed E-state index contributed by atoms with van der Waals surface area (Å²) in [6, 6.07) is 6.50. The van der Waals surface area contributed by atoms with Crippen LogP contribution in [0.15, 0.2) is 30.0 Å². The molecule has 1 saturated heterocycles. The molecule has 28 heavy (non-hydrogen) atoms. The number of ether oxygens (including phenoxy) is 3. The van der Waals surface area contributed by atoms with Crippen molar-refractivity contribution in [2.45, 2.75) is 31.9 Å². The fourth-order valence-corrected chi connectivity index (χ4v) is 5.34. The molecule has 1 fully saturated rings. The number of hydrogen-bond donors (Lipinski definition) is 1. The molecular weight excluding hydrogens is 356 g/mol. The summed E-state index contributed by atoms with van der Waals surface area (Å²) in [4.78, 5) is 18.6. The van der Waals surface area contributed by atoms with Gasteiger partial charge in [0, 0.05) is 41.5 Å². The summed E-state index contributed by atoms with van der Waals surface area (Å²) in [6.07, 6.45) is 3.65. The van der Waals surface area contributed by atoms with Crippen molar-refractivity contribution < 1.29 is 19.0 Å². The molecular formula is C22H26N2O4. The van der Waals surface area contributed by atoms with Crippen LogP contribution >= 0.6 is 0 Å². The Balaban J connectivity index is 1.54. The Morgan fingerprint density at radius 3 is 2.96 bits per heavy atom. The third kappa shape index (κ3) is 2.54. The second kappa shape index (κ2) is 6.55. The number of esters is 1. The number of fused-ring (bicyclic) bond motifs is 6. The Bertz CT molecular complexity index is 963. The summed E-state index contributed by atoms with van der Waals surface area (Å²) < 4.78 is 16.3. The first-order valence-electron chi connectivity index (χ1n) is 9.97. The first kappa shape index (κ1) is 17.6. The Morgan fingerprint density at radius 2 is 2.18 bits per heavy atom. The minimum Gasteiger partial charge on any atom is -0.497 e. The highest BCUT2D eigenvalue weighted by Crippen LogP contribution is 2.47. The molecule has 1 aromatic carbocycles. The van der Waals surface area contributed by atoms with E-state index in [1.807, 2.05) is 6.07 Å². The third-order valence-corrected chi connectivity index (χ3v) is 6.84. The lowest BCUT2D eigenvalue weighted by Crippen LogP contribution is -2.51. The lowest BCUT2D eigenvalue weighted by atomic mass is 9.72. The van der Waals surface area contributed by atoms with Gasteiger partial charge < -0.3 is 19.2 Å². The minimum atomic E-state index is -0.271. The Labute approximate surface area is 164 Å². The van der Waals surface area contributed by atoms with E-state index in [2.05, 4.69) is 28.9 Å². The van der Waals surface area contributed by atoms with Crippen molar-refractivity contribution in [3.8, 4) is 5.75 Å². The van der Waals surface area contributed by atoms with Gasteiger partial charge in [0.05, 0.1) is 38.2 Å². The second-order valence-corrected chi connectivity index (χ2v) is 8.10. The van der Waals surface area contributed by atoms with Crippen molar-refractivity contribution in [2.24, 2.45) is 11.8 Å². The zero-order valence-corrected chi connectivity index (χ0v) is 16.5. The van der Waals surface area contributed by atoms with Gasteiger partial charge in [0.2, 0.25) is 0 Å². The van der Waals surface area contributed by atoms with Crippen LogP contribution in [0.4, 0.5) is 0 Å². The van der Waals surface area contributed by atoms with Crippen LogP contribution in [0.1, 0.15) is 30.6 Å². The molecule has 0 spiro atoms. The number of nitrogens with zero attached hydrogens (tertiary/aromatic N) is 1. The van der Waals surface area contributed by atoms with E-state index >= 15 is 0 Å². The van der Waals surface area contributed by atoms with E-state index in [1.54, 1.807) is 13.4 Å². The predicted molar refractivity (Wildman–Crippen MR) is 105 cm³/mol. The highest BCUT2D eigenvalue weighted by Gasteiger charge is 2.46. The van der Waals surface area contributed by atoms with E-state index in [1.165, 1.54) is 23.8 Å². The quantitative estimate of drug-likeness (QED) is 0.809. The summed E-state index contributed by atoms with van der Waals surface area (Å²) in [5, 5.41) is 1.25. The molecule has 2 aromatic rings. The van der Waals surface area contributed by atoms with E-state index in [-0.39, 0.29) is 24.0 Å². The molecule has 6 nitrogen and oxygen atoms in total. The molecule has 4 atom stereocenters. The molecule has 0 radical (unpaired) electrons. The molecule has 0 saturated carbocycles. The van der Waals surface area contributed by atoms with Crippen LogP contribution in [0.5, 0.6) is 5.75 Å². The van der Waals surface area contributed by atoms with Crippen molar-refractivity contribution in [1.29, 1.82) is 0 Å². The minimum absolute atomic E-state index is 0.104. The number of aromatic nitrogens is 1. The summed E-state index contributed by atoms with van der Waals surface area (Å²) in [6.45, 7) is 4.06. The molecule has 1 N–H and O–H groups in total. The molecule has 148 valence electrons. The second-order valence-electron chi connectivity index (χ2n) is 8.10. The summed E-state index contributed by atoms with van der Waals surface area (Å²) >= 11 is 0. The van der Waals surface area contributed by atoms with Gasteiger partial charge in [-0.25, -0.2) is 4.79 Å². The number of carbonyl (C=O) groups is 1. The van der Waals surface area contributed by atoms with Gasteiger partial charge in [0.25, 0.3) is 0 Å². The normalized spacial score (nSPS) is 29.2. The zero-order chi connectivity index (χ0) is 19.4. The smallest absolute Gasteiger partial charge is 0.337 e. The maximum absolute atomic E-state index is 12.3. The van der Waals surface area contributed by atoms with Gasteiger partial charge in [-0.2, -0.15) is 0 Å². The van der Waals surface area contributed by atoms with Gasteiger partial charge >= 0.3 is 5.97 Å². The topological polar surface area (TPSA) is 63.8 Å². The van der Waals surface area contributed by atoms with Crippen LogP contribution in [0.2, 0.25) is 0 Å². The molecule has 1 aromatic heterocycles. The number of aromatic amines is 1. The largest absolute Gasteiger partial charge is 0.497 e. The van der Waals surface area contributed by atoms with Crippen LogP contribution in [-0.2, 0) is 20.7 Å². The molecule has 0 amide bonds. The lowest BCUT2D eigenvalue weighted by molar-refractivity contribution is -0.139. The fourth-order valence-electron chi connectivity index (χ4n) is 5.34. The van der Waals surface area contributed by atoms with Crippen molar-refractivity contribution in [2.75, 3.05) is 27.3 Å². The van der Waals surface area contributed by atoms with Gasteiger partial charge in [-0.15, -0.1) is 0 Å². The maximum Gasteiger partial charge on any atom is 0.337 e. The van der Waals surface area contributed by atoms with Crippen LogP contribution in [0.3, 0.4) is 0 Å². The van der Waals surface area contributed by atoms with E-state index in [9.17, 15) is 4.79 Å². The van der Waals surface area contributed by atoms with E-state index < -0.39 is 0 Å². The monoisotopic (exact) mass is 382 g/mol. The fraction of sp³-hybridized carbons (Fsp3) is 0.500. The average Bonchev–Trinajstić information content (AvgIpc) is 3.10. The molecule has 0 aliphatic carbocycles. The van der Waals surface area contributed by atoms with Crippen LogP contribution in [0.25, 0.3) is 10.9 Å². The van der Waals surface area contributed by atoms with E-state index in [0.717, 1.165) is 37.2 Å². The van der Waals surface area contributed by atoms with Crippen LogP contribution < -0.4 is 4.74 Å².